The Morgan fingerprint density at radius 1 is 1.00 bits per heavy atom. The van der Waals surface area contributed by atoms with Gasteiger partial charge in [-0.25, -0.2) is 9.97 Å². The van der Waals surface area contributed by atoms with E-state index < -0.39 is 0 Å². The van der Waals surface area contributed by atoms with Gasteiger partial charge in [0.05, 0.1) is 20.5 Å². The maximum absolute atomic E-state index is 6.21. The van der Waals surface area contributed by atoms with E-state index in [2.05, 4.69) is 9.97 Å². The average Bonchev–Trinajstić information content (AvgIpc) is 2.43. The predicted molar refractivity (Wildman–Crippen MR) is 84.5 cm³/mol. The summed E-state index contributed by atoms with van der Waals surface area (Å²) in [5.41, 5.74) is 7.13. The number of nitrogen functional groups attached to an aromatic ring is 1. The topological polar surface area (TPSA) is 51.8 Å². The zero-order chi connectivity index (χ0) is 14.1. The number of benzene rings is 2. The molecule has 0 spiro atoms. The third-order valence-corrected chi connectivity index (χ3v) is 4.71. The van der Waals surface area contributed by atoms with Crippen LogP contribution in [0.5, 0.6) is 0 Å². The molecule has 0 unspecified atom stereocenters. The number of nitrogens with two attached hydrogens (primary N) is 1. The first-order valence-corrected chi connectivity index (χ1v) is 7.34. The number of nitrogens with zero attached hydrogens (tertiary/aromatic N) is 2. The Hall–Kier alpha value is -1.49. The molecule has 3 aromatic rings. The first-order valence-electron chi connectivity index (χ1n) is 5.77. The fourth-order valence-corrected chi connectivity index (χ4v) is 3.46. The number of aromatic nitrogens is 2. The van der Waals surface area contributed by atoms with Crippen LogP contribution in [0.2, 0.25) is 10.0 Å². The smallest absolute Gasteiger partial charge is 0.117 e. The monoisotopic (exact) mass is 321 g/mol. The number of hydrogen-bond acceptors (Lipinski definition) is 4. The highest BCUT2D eigenvalue weighted by molar-refractivity contribution is 7.99. The van der Waals surface area contributed by atoms with Gasteiger partial charge in [-0.2, -0.15) is 0 Å². The van der Waals surface area contributed by atoms with Crippen LogP contribution in [-0.4, -0.2) is 9.97 Å². The van der Waals surface area contributed by atoms with Crippen molar-refractivity contribution in [2.75, 3.05) is 5.73 Å². The van der Waals surface area contributed by atoms with Crippen molar-refractivity contribution in [2.24, 2.45) is 0 Å². The molecule has 0 saturated carbocycles. The molecule has 0 saturated heterocycles. The molecular formula is C14H9Cl2N3S. The number of hydrogen-bond donors (Lipinski definition) is 1. The number of halogens is 2. The molecule has 100 valence electrons. The van der Waals surface area contributed by atoms with Gasteiger partial charge in [0, 0.05) is 11.1 Å². The molecule has 3 nitrogen and oxygen atoms in total. The van der Waals surface area contributed by atoms with Gasteiger partial charge in [-0.05, 0) is 18.2 Å². The third-order valence-electron chi connectivity index (χ3n) is 2.73. The van der Waals surface area contributed by atoms with Crippen molar-refractivity contribution in [3.8, 4) is 0 Å². The number of anilines is 1. The summed E-state index contributed by atoms with van der Waals surface area (Å²) in [5.74, 6) is 0. The zero-order valence-corrected chi connectivity index (χ0v) is 12.5. The Balaban J connectivity index is 2.10. The largest absolute Gasteiger partial charge is 0.399 e. The minimum absolute atomic E-state index is 0.516. The van der Waals surface area contributed by atoms with Crippen molar-refractivity contribution in [1.29, 1.82) is 0 Å². The fourth-order valence-electron chi connectivity index (χ4n) is 1.84. The van der Waals surface area contributed by atoms with Crippen LogP contribution in [-0.2, 0) is 0 Å². The van der Waals surface area contributed by atoms with E-state index in [9.17, 15) is 0 Å². The Morgan fingerprint density at radius 2 is 1.70 bits per heavy atom. The van der Waals surface area contributed by atoms with Gasteiger partial charge >= 0.3 is 0 Å². The van der Waals surface area contributed by atoms with Crippen molar-refractivity contribution in [2.45, 2.75) is 9.92 Å². The second-order valence-corrected chi connectivity index (χ2v) is 5.93. The van der Waals surface area contributed by atoms with Crippen molar-refractivity contribution >= 4 is 51.6 Å². The summed E-state index contributed by atoms with van der Waals surface area (Å²) in [6, 6.07) is 11.2. The molecule has 1 heterocycles. The first kappa shape index (κ1) is 13.5. The van der Waals surface area contributed by atoms with E-state index in [0.717, 1.165) is 20.8 Å². The van der Waals surface area contributed by atoms with Gasteiger partial charge in [0.25, 0.3) is 0 Å². The van der Waals surface area contributed by atoms with Crippen molar-refractivity contribution in [1.82, 2.24) is 9.97 Å². The summed E-state index contributed by atoms with van der Waals surface area (Å²) < 4.78 is 0. The van der Waals surface area contributed by atoms with E-state index in [1.807, 2.05) is 24.3 Å². The van der Waals surface area contributed by atoms with Crippen LogP contribution in [0.4, 0.5) is 5.69 Å². The van der Waals surface area contributed by atoms with Gasteiger partial charge in [-0.15, -0.1) is 0 Å². The minimum Gasteiger partial charge on any atom is -0.399 e. The maximum Gasteiger partial charge on any atom is 0.117 e. The second kappa shape index (κ2) is 5.48. The lowest BCUT2D eigenvalue weighted by Gasteiger charge is -2.09. The van der Waals surface area contributed by atoms with Gasteiger partial charge < -0.3 is 5.73 Å². The lowest BCUT2D eigenvalue weighted by atomic mass is 10.2. The van der Waals surface area contributed by atoms with Crippen LogP contribution in [0.3, 0.4) is 0 Å². The summed E-state index contributed by atoms with van der Waals surface area (Å²) in [7, 11) is 0. The molecule has 1 aromatic heterocycles. The molecule has 3 rings (SSSR count). The van der Waals surface area contributed by atoms with Crippen molar-refractivity contribution in [3.63, 3.8) is 0 Å². The summed E-state index contributed by atoms with van der Waals surface area (Å²) >= 11 is 13.8. The number of rotatable bonds is 2. The molecule has 0 aliphatic heterocycles. The third kappa shape index (κ3) is 2.54. The Morgan fingerprint density at radius 3 is 2.45 bits per heavy atom. The highest BCUT2D eigenvalue weighted by Gasteiger charge is 2.12. The van der Waals surface area contributed by atoms with E-state index in [-0.39, 0.29) is 0 Å². The van der Waals surface area contributed by atoms with E-state index in [4.69, 9.17) is 28.9 Å². The Labute approximate surface area is 130 Å². The Bertz CT molecular complexity index is 764. The average molecular weight is 322 g/mol. The maximum atomic E-state index is 6.21. The summed E-state index contributed by atoms with van der Waals surface area (Å²) in [5, 5.41) is 2.80. The van der Waals surface area contributed by atoms with Crippen molar-refractivity contribution < 1.29 is 0 Å². The quantitative estimate of drug-likeness (QED) is 0.550. The molecule has 0 amide bonds. The summed E-state index contributed by atoms with van der Waals surface area (Å²) in [6.45, 7) is 0. The predicted octanol–water partition coefficient (Wildman–Crippen LogP) is 4.67. The van der Waals surface area contributed by atoms with Crippen LogP contribution in [0.1, 0.15) is 0 Å². The summed E-state index contributed by atoms with van der Waals surface area (Å²) in [4.78, 5) is 9.28. The highest BCUT2D eigenvalue weighted by atomic mass is 35.5. The minimum atomic E-state index is 0.516. The molecule has 6 heteroatoms. The standard InChI is InChI=1S/C14H9Cl2N3S/c15-10-5-8(17)6-11(16)13(10)20-14-9-3-1-2-4-12(9)18-7-19-14/h1-7H,17H2. The van der Waals surface area contributed by atoms with Gasteiger partial charge in [0.2, 0.25) is 0 Å². The molecule has 0 bridgehead atoms. The van der Waals surface area contributed by atoms with E-state index in [0.29, 0.717) is 15.7 Å². The van der Waals surface area contributed by atoms with E-state index in [1.54, 1.807) is 12.1 Å². The molecular weight excluding hydrogens is 313 g/mol. The van der Waals surface area contributed by atoms with Crippen molar-refractivity contribution in [3.05, 3.63) is 52.8 Å². The molecule has 0 aliphatic rings. The number of fused-ring (bicyclic) bond motifs is 1. The first-order chi connectivity index (χ1) is 9.65. The lowest BCUT2D eigenvalue weighted by Crippen LogP contribution is -1.89. The zero-order valence-electron chi connectivity index (χ0n) is 10.2. The van der Waals surface area contributed by atoms with Crippen LogP contribution in [0.15, 0.2) is 52.6 Å². The lowest BCUT2D eigenvalue weighted by molar-refractivity contribution is 1.10. The van der Waals surface area contributed by atoms with E-state index >= 15 is 0 Å². The van der Waals surface area contributed by atoms with Crippen LogP contribution < -0.4 is 5.73 Å². The van der Waals surface area contributed by atoms with Crippen LogP contribution in [0, 0.1) is 0 Å². The van der Waals surface area contributed by atoms with Gasteiger partial charge in [0.1, 0.15) is 11.4 Å². The molecule has 0 aliphatic carbocycles. The van der Waals surface area contributed by atoms with Crippen LogP contribution in [0.25, 0.3) is 10.9 Å². The SMILES string of the molecule is Nc1cc(Cl)c(Sc2ncnc3ccccc23)c(Cl)c1. The second-order valence-electron chi connectivity index (χ2n) is 4.11. The fraction of sp³-hybridized carbons (Fsp3) is 0. The normalized spacial score (nSPS) is 10.9. The molecule has 2 aromatic carbocycles. The van der Waals surface area contributed by atoms with Gasteiger partial charge in [-0.1, -0.05) is 53.2 Å². The van der Waals surface area contributed by atoms with Gasteiger partial charge in [-0.3, -0.25) is 0 Å². The molecule has 0 fully saturated rings. The molecule has 0 atom stereocenters. The van der Waals surface area contributed by atoms with Gasteiger partial charge in [0.15, 0.2) is 0 Å². The molecule has 2 N–H and O–H groups in total. The Kier molecular flexibility index (Phi) is 3.70. The number of para-hydroxylation sites is 1. The highest BCUT2D eigenvalue weighted by Crippen LogP contribution is 2.40. The molecule has 0 radical (unpaired) electrons. The van der Waals surface area contributed by atoms with Crippen LogP contribution >= 0.6 is 35.0 Å². The molecule has 20 heavy (non-hydrogen) atoms. The van der Waals surface area contributed by atoms with E-state index in [1.165, 1.54) is 18.1 Å². The summed E-state index contributed by atoms with van der Waals surface area (Å²) in [6.07, 6.45) is 1.53.